The Hall–Kier alpha value is -3.34. The van der Waals surface area contributed by atoms with Crippen LogP contribution >= 0.6 is 0 Å². The van der Waals surface area contributed by atoms with Gasteiger partial charge in [0, 0.05) is 6.42 Å². The summed E-state index contributed by atoms with van der Waals surface area (Å²) in [5.74, 6) is 0.921. The van der Waals surface area contributed by atoms with Gasteiger partial charge in [-0.15, -0.1) is 0 Å². The Morgan fingerprint density at radius 3 is 2.50 bits per heavy atom. The van der Waals surface area contributed by atoms with E-state index in [1.807, 2.05) is 70.2 Å². The molecule has 1 atom stereocenters. The number of Topliss-reactive ketones (excluding diaryl/α,β-unsaturated/α-hetero) is 1. The molecule has 0 aliphatic carbocycles. The Balaban J connectivity index is 1.96. The molecule has 0 amide bonds. The van der Waals surface area contributed by atoms with E-state index >= 15 is 0 Å². The minimum Gasteiger partial charge on any atom is -0.489 e. The lowest BCUT2D eigenvalue weighted by molar-refractivity contribution is 0.0869. The van der Waals surface area contributed by atoms with Gasteiger partial charge in [0.25, 0.3) is 0 Å². The second-order valence-corrected chi connectivity index (χ2v) is 8.50. The second kappa shape index (κ2) is 6.33. The molecule has 2 aromatic carbocycles. The molecule has 0 spiro atoms. The van der Waals surface area contributed by atoms with E-state index in [-0.39, 0.29) is 23.9 Å². The highest BCUT2D eigenvalue weighted by Gasteiger charge is 2.36. The summed E-state index contributed by atoms with van der Waals surface area (Å²) in [6.07, 6.45) is 3.86. The van der Waals surface area contributed by atoms with Crippen LogP contribution in [0.2, 0.25) is 0 Å². The first kappa shape index (κ1) is 18.7. The zero-order chi connectivity index (χ0) is 21.2. The maximum atomic E-state index is 13.0. The van der Waals surface area contributed by atoms with Gasteiger partial charge in [0.1, 0.15) is 28.8 Å². The standard InChI is InChI=1S/C25H22O5/c1-13-12-17(26)20-21(28-13)16-10-11-25(3,4)30-22(16)19-14(2)18(24(27)29-23(19)20)15-8-6-5-7-9-15/h5-11,13H,12H2,1-4H3. The van der Waals surface area contributed by atoms with Crippen molar-refractivity contribution in [2.24, 2.45) is 0 Å². The van der Waals surface area contributed by atoms with Crippen LogP contribution in [0.15, 0.2) is 45.6 Å². The zero-order valence-corrected chi connectivity index (χ0v) is 17.4. The molecular formula is C25H22O5. The summed E-state index contributed by atoms with van der Waals surface area (Å²) in [4.78, 5) is 26.0. The molecule has 0 N–H and O–H groups in total. The molecule has 5 nitrogen and oxygen atoms in total. The van der Waals surface area contributed by atoms with Crippen LogP contribution < -0.4 is 15.1 Å². The molecule has 5 rings (SSSR count). The number of carbonyl (C=O) groups is 1. The third-order valence-electron chi connectivity index (χ3n) is 5.70. The SMILES string of the molecule is Cc1c(-c2ccccc2)c(=O)oc2c3c(c4c(c12)OC(C)(C)C=C4)OC(C)CC3=O. The normalized spacial score (nSPS) is 19.1. The first-order valence-corrected chi connectivity index (χ1v) is 10.1. The van der Waals surface area contributed by atoms with Gasteiger partial charge in [0.2, 0.25) is 0 Å². The maximum Gasteiger partial charge on any atom is 0.344 e. The summed E-state index contributed by atoms with van der Waals surface area (Å²) in [6.45, 7) is 7.65. The molecule has 1 aromatic heterocycles. The smallest absolute Gasteiger partial charge is 0.344 e. The highest BCUT2D eigenvalue weighted by Crippen LogP contribution is 2.49. The Kier molecular flexibility index (Phi) is 3.94. The lowest BCUT2D eigenvalue weighted by Gasteiger charge is -2.33. The van der Waals surface area contributed by atoms with E-state index in [0.29, 0.717) is 33.6 Å². The van der Waals surface area contributed by atoms with Gasteiger partial charge >= 0.3 is 5.63 Å². The predicted molar refractivity (Wildman–Crippen MR) is 115 cm³/mol. The lowest BCUT2D eigenvalue weighted by atomic mass is 9.89. The van der Waals surface area contributed by atoms with Crippen molar-refractivity contribution in [3.63, 3.8) is 0 Å². The summed E-state index contributed by atoms with van der Waals surface area (Å²) >= 11 is 0. The van der Waals surface area contributed by atoms with Gasteiger partial charge in [-0.2, -0.15) is 0 Å². The molecule has 2 aliphatic heterocycles. The number of carbonyl (C=O) groups excluding carboxylic acids is 1. The predicted octanol–water partition coefficient (Wildman–Crippen LogP) is 5.31. The van der Waals surface area contributed by atoms with Gasteiger partial charge in [-0.25, -0.2) is 4.79 Å². The molecule has 3 aromatic rings. The number of fused-ring (bicyclic) bond motifs is 6. The molecule has 5 heteroatoms. The van der Waals surface area contributed by atoms with E-state index < -0.39 is 11.2 Å². The lowest BCUT2D eigenvalue weighted by Crippen LogP contribution is -2.30. The van der Waals surface area contributed by atoms with E-state index in [4.69, 9.17) is 13.9 Å². The fourth-order valence-corrected chi connectivity index (χ4v) is 4.33. The number of benzene rings is 2. The van der Waals surface area contributed by atoms with Gasteiger partial charge < -0.3 is 13.9 Å². The van der Waals surface area contributed by atoms with E-state index in [1.165, 1.54) is 0 Å². The van der Waals surface area contributed by atoms with E-state index in [2.05, 4.69) is 0 Å². The number of aryl methyl sites for hydroxylation is 1. The number of rotatable bonds is 1. The van der Waals surface area contributed by atoms with Crippen molar-refractivity contribution in [1.82, 2.24) is 0 Å². The van der Waals surface area contributed by atoms with Crippen molar-refractivity contribution in [1.29, 1.82) is 0 Å². The molecule has 3 heterocycles. The number of ether oxygens (including phenoxy) is 2. The zero-order valence-electron chi connectivity index (χ0n) is 17.4. The summed E-state index contributed by atoms with van der Waals surface area (Å²) in [5, 5.41) is 0.645. The number of hydrogen-bond acceptors (Lipinski definition) is 5. The minimum atomic E-state index is -0.548. The van der Waals surface area contributed by atoms with Crippen LogP contribution in [-0.2, 0) is 0 Å². The fraction of sp³-hybridized carbons (Fsp3) is 0.280. The van der Waals surface area contributed by atoms with Gasteiger partial charge in [-0.05, 0) is 51.0 Å². The molecule has 0 bridgehead atoms. The molecule has 30 heavy (non-hydrogen) atoms. The quantitative estimate of drug-likeness (QED) is 0.516. The first-order valence-electron chi connectivity index (χ1n) is 10.1. The van der Waals surface area contributed by atoms with Crippen LogP contribution in [0.1, 0.15) is 48.7 Å². The molecule has 0 saturated heterocycles. The van der Waals surface area contributed by atoms with Crippen molar-refractivity contribution in [3.8, 4) is 22.6 Å². The Bertz CT molecular complexity index is 1300. The molecule has 0 saturated carbocycles. The highest BCUT2D eigenvalue weighted by atomic mass is 16.5. The Morgan fingerprint density at radius 2 is 1.77 bits per heavy atom. The summed E-state index contributed by atoms with van der Waals surface area (Å²) in [5.41, 5.74) is 2.22. The number of hydrogen-bond donors (Lipinski definition) is 0. The van der Waals surface area contributed by atoms with Crippen LogP contribution in [-0.4, -0.2) is 17.5 Å². The van der Waals surface area contributed by atoms with E-state index in [0.717, 1.165) is 11.1 Å². The van der Waals surface area contributed by atoms with Crippen LogP contribution in [0.25, 0.3) is 28.2 Å². The minimum absolute atomic E-state index is 0.0928. The molecule has 0 radical (unpaired) electrons. The molecule has 0 fully saturated rings. The topological polar surface area (TPSA) is 65.7 Å². The van der Waals surface area contributed by atoms with Crippen molar-refractivity contribution in [3.05, 3.63) is 63.5 Å². The average molecular weight is 402 g/mol. The number of ketones is 1. The van der Waals surface area contributed by atoms with Crippen LogP contribution in [0.5, 0.6) is 11.5 Å². The molecular weight excluding hydrogens is 380 g/mol. The van der Waals surface area contributed by atoms with Crippen LogP contribution in [0.4, 0.5) is 0 Å². The molecule has 152 valence electrons. The third-order valence-corrected chi connectivity index (χ3v) is 5.70. The first-order chi connectivity index (χ1) is 14.3. The van der Waals surface area contributed by atoms with Gasteiger partial charge in [0.05, 0.1) is 16.5 Å². The Labute approximate surface area is 173 Å². The van der Waals surface area contributed by atoms with E-state index in [9.17, 15) is 9.59 Å². The van der Waals surface area contributed by atoms with Crippen LogP contribution in [0, 0.1) is 6.92 Å². The molecule has 1 unspecified atom stereocenters. The van der Waals surface area contributed by atoms with Gasteiger partial charge in [-0.1, -0.05) is 30.3 Å². The fourth-order valence-electron chi connectivity index (χ4n) is 4.33. The molecule has 2 aliphatic rings. The van der Waals surface area contributed by atoms with Crippen molar-refractivity contribution >= 4 is 22.8 Å². The Morgan fingerprint density at radius 1 is 1.03 bits per heavy atom. The second-order valence-electron chi connectivity index (χ2n) is 8.50. The van der Waals surface area contributed by atoms with Crippen molar-refractivity contribution < 1.29 is 18.7 Å². The van der Waals surface area contributed by atoms with Gasteiger partial charge in [0.15, 0.2) is 11.4 Å². The van der Waals surface area contributed by atoms with Crippen molar-refractivity contribution in [2.75, 3.05) is 0 Å². The van der Waals surface area contributed by atoms with E-state index in [1.54, 1.807) is 0 Å². The van der Waals surface area contributed by atoms with Gasteiger partial charge in [-0.3, -0.25) is 4.79 Å². The highest BCUT2D eigenvalue weighted by molar-refractivity contribution is 6.14. The largest absolute Gasteiger partial charge is 0.489 e. The monoisotopic (exact) mass is 402 g/mol. The third kappa shape index (κ3) is 2.69. The van der Waals surface area contributed by atoms with Crippen LogP contribution in [0.3, 0.4) is 0 Å². The maximum absolute atomic E-state index is 13.0. The summed E-state index contributed by atoms with van der Waals surface area (Å²) < 4.78 is 18.2. The summed E-state index contributed by atoms with van der Waals surface area (Å²) in [7, 11) is 0. The summed E-state index contributed by atoms with van der Waals surface area (Å²) in [6, 6.07) is 9.39. The average Bonchev–Trinajstić information content (AvgIpc) is 2.67. The van der Waals surface area contributed by atoms with Crippen molar-refractivity contribution in [2.45, 2.75) is 45.8 Å².